The first-order chi connectivity index (χ1) is 1.41. The van der Waals surface area contributed by atoms with Crippen LogP contribution in [0.1, 0.15) is 0 Å². The van der Waals surface area contributed by atoms with Gasteiger partial charge in [-0.25, -0.2) is 0 Å². The molecule has 0 heterocycles. The third-order valence-corrected chi connectivity index (χ3v) is 0. The maximum absolute atomic E-state index is 9.59. The Hall–Kier alpha value is 0.820. The fourth-order valence-corrected chi connectivity index (χ4v) is 0. The molecule has 0 bridgehead atoms. The molecule has 0 unspecified atom stereocenters. The molecule has 0 aliphatic carbocycles. The normalized spacial score (nSPS) is 4.40. The van der Waals surface area contributed by atoms with Gasteiger partial charge in [-0.3, -0.25) is 0 Å². The summed E-state index contributed by atoms with van der Waals surface area (Å²) < 4.78 is 19.2. The van der Waals surface area contributed by atoms with E-state index in [0.717, 1.165) is 0 Å². The molecule has 2 N–H and O–H groups in total. The molecule has 0 radical (unpaired) electrons. The van der Waals surface area contributed by atoms with Crippen LogP contribution < -0.4 is 0 Å². The predicted molar refractivity (Wildman–Crippen MR) is 5.83 cm³/mol. The van der Waals surface area contributed by atoms with E-state index >= 15 is 0 Å². The molecule has 1 nitrogen and oxygen atoms in total. The first-order valence-electron chi connectivity index (χ1n) is 0.252. The van der Waals surface area contributed by atoms with Gasteiger partial charge in [0.15, 0.2) is 0 Å². The second kappa shape index (κ2) is 21.2. The number of rotatable bonds is 0. The van der Waals surface area contributed by atoms with Gasteiger partial charge >= 0.3 is 22.8 Å². The van der Waals surface area contributed by atoms with Crippen LogP contribution in [0.4, 0.5) is 7.16 Å². The van der Waals surface area contributed by atoms with Gasteiger partial charge in [0.2, 0.25) is 0 Å². The molecule has 41 valence electrons. The van der Waals surface area contributed by atoms with E-state index < -0.39 is 15.6 Å². The van der Waals surface area contributed by atoms with Crippen LogP contribution in [0.2, 0.25) is 0 Å². The van der Waals surface area contributed by atoms with Crippen LogP contribution in [0.5, 0.6) is 0 Å². The van der Waals surface area contributed by atoms with Gasteiger partial charge in [0.1, 0.15) is 0 Å². The third kappa shape index (κ3) is 57.0. The van der Waals surface area contributed by atoms with Crippen molar-refractivity contribution in [3.63, 3.8) is 0 Å². The van der Waals surface area contributed by atoms with E-state index in [-0.39, 0.29) is 22.0 Å². The Labute approximate surface area is 45.2 Å². The van der Waals surface area contributed by atoms with E-state index in [1.165, 1.54) is 0 Å². The van der Waals surface area contributed by atoms with E-state index in [2.05, 4.69) is 0 Å². The topological polar surface area (TPSA) is 31.5 Å². The van der Waals surface area contributed by atoms with Crippen molar-refractivity contribution in [1.82, 2.24) is 0 Å². The average Bonchev–Trinajstić information content (AvgIpc) is 0.918. The van der Waals surface area contributed by atoms with Gasteiger partial charge in [-0.1, -0.05) is 0 Å². The minimum atomic E-state index is -1.56. The standard InChI is InChI=1S/Co.2FH.Ni.H2O/h;2*1H;;1H2/q+2;;;;/p-2. The number of hydrogen-bond acceptors (Lipinski definition) is 0. The molecule has 5 heavy (non-hydrogen) atoms. The van der Waals surface area contributed by atoms with Crippen molar-refractivity contribution >= 4 is 0 Å². The molecule has 0 saturated carbocycles. The molecule has 0 fully saturated rings. The molecule has 0 amide bonds. The minimum absolute atomic E-state index is 0. The molecule has 0 aromatic rings. The summed E-state index contributed by atoms with van der Waals surface area (Å²) in [7, 11) is 0. The fourth-order valence-electron chi connectivity index (χ4n) is 0. The Kier molecular flexibility index (Phi) is 72.2. The van der Waals surface area contributed by atoms with E-state index in [9.17, 15) is 7.16 Å². The Balaban J connectivity index is -0.0000000200. The fraction of sp³-hybridized carbons (Fsp3) is 0. The molecule has 5 heteroatoms. The first-order valence-corrected chi connectivity index (χ1v) is 1.04. The van der Waals surface area contributed by atoms with E-state index in [0.29, 0.717) is 0 Å². The maximum Gasteiger partial charge on any atom is 0 e. The Bertz CT molecular complexity index is 9.61. The van der Waals surface area contributed by atoms with Crippen LogP contribution in [-0.4, -0.2) is 5.48 Å². The van der Waals surface area contributed by atoms with Gasteiger partial charge in [0, 0.05) is 16.5 Å². The zero-order chi connectivity index (χ0) is 2.71. The van der Waals surface area contributed by atoms with Crippen LogP contribution >= 0.6 is 0 Å². The molecule has 0 saturated heterocycles. The third-order valence-electron chi connectivity index (χ3n) is 0. The summed E-state index contributed by atoms with van der Waals surface area (Å²) in [5.74, 6) is 0. The molecule has 0 rings (SSSR count). The first kappa shape index (κ1) is 17.0. The summed E-state index contributed by atoms with van der Waals surface area (Å²) in [6.45, 7) is 0. The van der Waals surface area contributed by atoms with Crippen molar-refractivity contribution in [3.05, 3.63) is 0 Å². The van der Waals surface area contributed by atoms with Gasteiger partial charge < -0.3 is 5.48 Å². The predicted octanol–water partition coefficient (Wildman–Crippen LogP) is 0.0107. The van der Waals surface area contributed by atoms with E-state index in [1.807, 2.05) is 0 Å². The minimum Gasteiger partial charge on any atom is 0 e. The van der Waals surface area contributed by atoms with Gasteiger partial charge in [-0.05, 0) is 0 Å². The number of halogens is 2. The summed E-state index contributed by atoms with van der Waals surface area (Å²) in [5.41, 5.74) is 0. The SMILES string of the molecule is O.[F][Co][F].[Ni]. The Morgan fingerprint density at radius 1 is 1.20 bits per heavy atom. The molecule has 0 spiro atoms. The largest absolute Gasteiger partial charge is 0 e. The molecule has 0 aromatic carbocycles. The summed E-state index contributed by atoms with van der Waals surface area (Å²) >= 11 is -1.56. The smallest absolute Gasteiger partial charge is 0 e. The second-order valence-corrected chi connectivity index (χ2v) is 0.196. The summed E-state index contributed by atoms with van der Waals surface area (Å²) in [5, 5.41) is 0. The van der Waals surface area contributed by atoms with Gasteiger partial charge in [0.25, 0.3) is 0 Å². The van der Waals surface area contributed by atoms with Gasteiger partial charge in [-0.15, -0.1) is 0 Å². The van der Waals surface area contributed by atoms with E-state index in [1.54, 1.807) is 0 Å². The van der Waals surface area contributed by atoms with Crippen molar-refractivity contribution in [3.8, 4) is 0 Å². The maximum atomic E-state index is 9.59. The number of hydrogen-bond donors (Lipinski definition) is 0. The summed E-state index contributed by atoms with van der Waals surface area (Å²) in [6, 6.07) is 0. The van der Waals surface area contributed by atoms with Crippen molar-refractivity contribution in [2.24, 2.45) is 0 Å². The second-order valence-electron chi connectivity index (χ2n) is 0.0476. The Morgan fingerprint density at radius 3 is 1.20 bits per heavy atom. The van der Waals surface area contributed by atoms with Crippen LogP contribution in [0.3, 0.4) is 0 Å². The molecule has 0 aliphatic heterocycles. The van der Waals surface area contributed by atoms with Crippen LogP contribution in [0, 0.1) is 0 Å². The van der Waals surface area contributed by atoms with Crippen LogP contribution in [-0.2, 0) is 32.1 Å². The molecular formula is H2CoF2NiO. The quantitative estimate of drug-likeness (QED) is 0.463. The zero-order valence-corrected chi connectivity index (χ0v) is 3.93. The van der Waals surface area contributed by atoms with Gasteiger partial charge in [0.05, 0.1) is 0 Å². The molecule has 0 atom stereocenters. The zero-order valence-electron chi connectivity index (χ0n) is 1.91. The van der Waals surface area contributed by atoms with Crippen molar-refractivity contribution in [2.75, 3.05) is 0 Å². The van der Waals surface area contributed by atoms with Gasteiger partial charge in [-0.2, -0.15) is 0 Å². The average molecular weight is 174 g/mol. The molecule has 0 aliphatic rings. The van der Waals surface area contributed by atoms with Crippen LogP contribution in [0.25, 0.3) is 0 Å². The van der Waals surface area contributed by atoms with Crippen LogP contribution in [0.15, 0.2) is 0 Å². The van der Waals surface area contributed by atoms with E-state index in [4.69, 9.17) is 0 Å². The van der Waals surface area contributed by atoms with Crippen molar-refractivity contribution < 1.29 is 44.7 Å². The van der Waals surface area contributed by atoms with Crippen molar-refractivity contribution in [2.45, 2.75) is 0 Å². The molecular weight excluding hydrogens is 172 g/mol. The Morgan fingerprint density at radius 2 is 1.20 bits per heavy atom. The monoisotopic (exact) mass is 173 g/mol. The summed E-state index contributed by atoms with van der Waals surface area (Å²) in [6.07, 6.45) is 0. The molecule has 0 aromatic heterocycles. The van der Waals surface area contributed by atoms with Crippen molar-refractivity contribution in [1.29, 1.82) is 0 Å². The summed E-state index contributed by atoms with van der Waals surface area (Å²) in [4.78, 5) is 0.